The standard InChI is InChI=1S/C15H17NO5S/c1-21-15(18)11-2-3-13-10(8-11)4-6-16(13)14(17)12-5-7-22(19,20)9-12/h2-3,8,12H,4-7,9H2,1H3. The van der Waals surface area contributed by atoms with E-state index in [1.165, 1.54) is 7.11 Å². The van der Waals surface area contributed by atoms with Crippen LogP contribution < -0.4 is 4.90 Å². The number of sulfone groups is 1. The Hall–Kier alpha value is -1.89. The predicted molar refractivity (Wildman–Crippen MR) is 80.6 cm³/mol. The molecule has 1 aromatic rings. The second kappa shape index (κ2) is 5.39. The molecule has 0 N–H and O–H groups in total. The van der Waals surface area contributed by atoms with Gasteiger partial charge in [-0.3, -0.25) is 4.79 Å². The lowest BCUT2D eigenvalue weighted by atomic mass is 10.1. The Morgan fingerprint density at radius 3 is 2.73 bits per heavy atom. The van der Waals surface area contributed by atoms with Crippen molar-refractivity contribution >= 4 is 27.4 Å². The highest BCUT2D eigenvalue weighted by molar-refractivity contribution is 7.91. The molecule has 1 fully saturated rings. The van der Waals surface area contributed by atoms with Gasteiger partial charge in [0.25, 0.3) is 0 Å². The van der Waals surface area contributed by atoms with E-state index in [0.29, 0.717) is 24.9 Å². The maximum atomic E-state index is 12.5. The van der Waals surface area contributed by atoms with Crippen molar-refractivity contribution < 1.29 is 22.7 Å². The fourth-order valence-electron chi connectivity index (χ4n) is 3.09. The number of hydrogen-bond donors (Lipinski definition) is 0. The number of ether oxygens (including phenoxy) is 1. The van der Waals surface area contributed by atoms with Gasteiger partial charge in [-0.2, -0.15) is 0 Å². The van der Waals surface area contributed by atoms with Gasteiger partial charge in [-0.05, 0) is 36.6 Å². The Morgan fingerprint density at radius 2 is 2.09 bits per heavy atom. The van der Waals surface area contributed by atoms with Gasteiger partial charge in [0.05, 0.1) is 30.1 Å². The normalized spacial score (nSPS) is 22.4. The molecule has 3 rings (SSSR count). The first-order valence-corrected chi connectivity index (χ1v) is 8.96. The lowest BCUT2D eigenvalue weighted by Crippen LogP contribution is -2.35. The van der Waals surface area contributed by atoms with Gasteiger partial charge in [-0.15, -0.1) is 0 Å². The molecule has 0 bridgehead atoms. The number of esters is 1. The van der Waals surface area contributed by atoms with Crippen molar-refractivity contribution in [2.24, 2.45) is 5.92 Å². The second-order valence-corrected chi connectivity index (χ2v) is 7.90. The minimum absolute atomic E-state index is 0.0576. The number of carbonyl (C=O) groups is 2. The summed E-state index contributed by atoms with van der Waals surface area (Å²) in [6.07, 6.45) is 1.05. The van der Waals surface area contributed by atoms with E-state index in [4.69, 9.17) is 0 Å². The van der Waals surface area contributed by atoms with E-state index in [9.17, 15) is 18.0 Å². The summed E-state index contributed by atoms with van der Waals surface area (Å²) in [5.74, 6) is -0.958. The van der Waals surface area contributed by atoms with Gasteiger partial charge in [0.15, 0.2) is 9.84 Å². The zero-order valence-corrected chi connectivity index (χ0v) is 13.1. The highest BCUT2D eigenvalue weighted by Crippen LogP contribution is 2.32. The Bertz CT molecular complexity index is 740. The van der Waals surface area contributed by atoms with Crippen molar-refractivity contribution in [3.63, 3.8) is 0 Å². The topological polar surface area (TPSA) is 80.8 Å². The highest BCUT2D eigenvalue weighted by atomic mass is 32.2. The number of anilines is 1. The largest absolute Gasteiger partial charge is 0.465 e. The van der Waals surface area contributed by atoms with Crippen molar-refractivity contribution in [2.45, 2.75) is 12.8 Å². The van der Waals surface area contributed by atoms with Crippen LogP contribution in [0.4, 0.5) is 5.69 Å². The molecule has 0 saturated carbocycles. The van der Waals surface area contributed by atoms with Gasteiger partial charge in [0, 0.05) is 12.2 Å². The summed E-state index contributed by atoms with van der Waals surface area (Å²) < 4.78 is 27.8. The smallest absolute Gasteiger partial charge is 0.337 e. The SMILES string of the molecule is COC(=O)c1ccc2c(c1)CCN2C(=O)C1CCS(=O)(=O)C1. The van der Waals surface area contributed by atoms with Crippen LogP contribution in [0.15, 0.2) is 18.2 Å². The Balaban J connectivity index is 1.83. The lowest BCUT2D eigenvalue weighted by molar-refractivity contribution is -0.121. The summed E-state index contributed by atoms with van der Waals surface area (Å²) in [4.78, 5) is 25.7. The molecular formula is C15H17NO5S. The maximum Gasteiger partial charge on any atom is 0.337 e. The van der Waals surface area contributed by atoms with E-state index in [2.05, 4.69) is 4.74 Å². The molecule has 0 aromatic heterocycles. The summed E-state index contributed by atoms with van der Waals surface area (Å²) in [6, 6.07) is 5.09. The minimum Gasteiger partial charge on any atom is -0.465 e. The molecule has 118 valence electrons. The number of rotatable bonds is 2. The second-order valence-electron chi connectivity index (χ2n) is 5.67. The molecule has 1 amide bonds. The van der Waals surface area contributed by atoms with Gasteiger partial charge in [0.2, 0.25) is 5.91 Å². The number of benzene rings is 1. The van der Waals surface area contributed by atoms with Crippen molar-refractivity contribution in [1.82, 2.24) is 0 Å². The van der Waals surface area contributed by atoms with Gasteiger partial charge in [-0.1, -0.05) is 0 Å². The average molecular weight is 323 g/mol. The molecular weight excluding hydrogens is 306 g/mol. The third-order valence-corrected chi connectivity index (χ3v) is 6.01. The average Bonchev–Trinajstić information content (AvgIpc) is 3.08. The van der Waals surface area contributed by atoms with Crippen LogP contribution in [0.2, 0.25) is 0 Å². The van der Waals surface area contributed by atoms with E-state index in [-0.39, 0.29) is 17.4 Å². The predicted octanol–water partition coefficient (Wildman–Crippen LogP) is 0.797. The number of carbonyl (C=O) groups excluding carboxylic acids is 2. The first-order valence-electron chi connectivity index (χ1n) is 7.14. The van der Waals surface area contributed by atoms with Crippen LogP contribution in [0.25, 0.3) is 0 Å². The van der Waals surface area contributed by atoms with Gasteiger partial charge in [-0.25, -0.2) is 13.2 Å². The minimum atomic E-state index is -3.08. The zero-order chi connectivity index (χ0) is 15.9. The Kier molecular flexibility index (Phi) is 3.68. The Labute approximate surface area is 129 Å². The van der Waals surface area contributed by atoms with E-state index in [1.54, 1.807) is 23.1 Å². The van der Waals surface area contributed by atoms with E-state index in [0.717, 1.165) is 11.3 Å². The van der Waals surface area contributed by atoms with Gasteiger partial charge < -0.3 is 9.64 Å². The summed E-state index contributed by atoms with van der Waals surface area (Å²) >= 11 is 0. The molecule has 2 heterocycles. The molecule has 7 heteroatoms. The van der Waals surface area contributed by atoms with Crippen LogP contribution in [-0.2, 0) is 25.8 Å². The molecule has 2 aliphatic heterocycles. The van der Waals surface area contributed by atoms with Crippen LogP contribution in [0.3, 0.4) is 0 Å². The van der Waals surface area contributed by atoms with Crippen molar-refractivity contribution in [3.8, 4) is 0 Å². The fraction of sp³-hybridized carbons (Fsp3) is 0.467. The van der Waals surface area contributed by atoms with Crippen molar-refractivity contribution in [2.75, 3.05) is 30.1 Å². The molecule has 1 atom stereocenters. The first-order chi connectivity index (χ1) is 10.4. The molecule has 1 unspecified atom stereocenters. The van der Waals surface area contributed by atoms with Crippen molar-refractivity contribution in [1.29, 1.82) is 0 Å². The number of methoxy groups -OCH3 is 1. The summed E-state index contributed by atoms with van der Waals surface area (Å²) in [5.41, 5.74) is 2.14. The van der Waals surface area contributed by atoms with Crippen LogP contribution in [0.1, 0.15) is 22.3 Å². The quantitative estimate of drug-likeness (QED) is 0.752. The Morgan fingerprint density at radius 1 is 1.32 bits per heavy atom. The summed E-state index contributed by atoms with van der Waals surface area (Å²) in [5, 5.41) is 0. The summed E-state index contributed by atoms with van der Waals surface area (Å²) in [7, 11) is -1.75. The maximum absolute atomic E-state index is 12.5. The zero-order valence-electron chi connectivity index (χ0n) is 12.2. The molecule has 0 radical (unpaired) electrons. The molecule has 22 heavy (non-hydrogen) atoms. The van der Waals surface area contributed by atoms with Crippen molar-refractivity contribution in [3.05, 3.63) is 29.3 Å². The van der Waals surface area contributed by atoms with E-state index >= 15 is 0 Å². The molecule has 2 aliphatic rings. The van der Waals surface area contributed by atoms with E-state index in [1.807, 2.05) is 0 Å². The van der Waals surface area contributed by atoms with Crippen LogP contribution >= 0.6 is 0 Å². The third kappa shape index (κ3) is 2.61. The van der Waals surface area contributed by atoms with E-state index < -0.39 is 21.7 Å². The van der Waals surface area contributed by atoms with Crippen LogP contribution in [0, 0.1) is 5.92 Å². The molecule has 0 spiro atoms. The van der Waals surface area contributed by atoms with Gasteiger partial charge >= 0.3 is 5.97 Å². The fourth-order valence-corrected chi connectivity index (χ4v) is 4.82. The molecule has 6 nitrogen and oxygen atoms in total. The first kappa shape index (κ1) is 15.0. The monoisotopic (exact) mass is 323 g/mol. The van der Waals surface area contributed by atoms with Crippen LogP contribution in [-0.4, -0.2) is 45.5 Å². The molecule has 1 aromatic carbocycles. The molecule has 0 aliphatic carbocycles. The number of hydrogen-bond acceptors (Lipinski definition) is 5. The highest BCUT2D eigenvalue weighted by Gasteiger charge is 2.37. The number of amides is 1. The number of fused-ring (bicyclic) bond motifs is 1. The summed E-state index contributed by atoms with van der Waals surface area (Å²) in [6.45, 7) is 0.523. The number of nitrogens with zero attached hydrogens (tertiary/aromatic N) is 1. The van der Waals surface area contributed by atoms with Crippen LogP contribution in [0.5, 0.6) is 0 Å². The third-order valence-electron chi connectivity index (χ3n) is 4.24. The van der Waals surface area contributed by atoms with Gasteiger partial charge in [0.1, 0.15) is 0 Å². The lowest BCUT2D eigenvalue weighted by Gasteiger charge is -2.20. The molecule has 1 saturated heterocycles.